The second-order valence-electron chi connectivity index (χ2n) is 5.51. The van der Waals surface area contributed by atoms with Crippen LogP contribution in [0.15, 0.2) is 18.2 Å². The van der Waals surface area contributed by atoms with E-state index in [1.54, 1.807) is 6.07 Å². The van der Waals surface area contributed by atoms with Crippen LogP contribution >= 0.6 is 0 Å². The Morgan fingerprint density at radius 3 is 2.79 bits per heavy atom. The maximum atomic E-state index is 11.9. The number of esters is 1. The maximum Gasteiger partial charge on any atom is 0.340 e. The first-order chi connectivity index (χ1) is 9.02. The van der Waals surface area contributed by atoms with E-state index >= 15 is 0 Å². The second kappa shape index (κ2) is 5.51. The molecule has 1 fully saturated rings. The van der Waals surface area contributed by atoms with E-state index in [9.17, 15) is 4.79 Å². The number of nitrogens with zero attached hydrogens (tertiary/aromatic N) is 1. The average molecular weight is 262 g/mol. The van der Waals surface area contributed by atoms with Gasteiger partial charge in [0.05, 0.1) is 18.4 Å². The van der Waals surface area contributed by atoms with Crippen molar-refractivity contribution in [3.8, 4) is 0 Å². The zero-order valence-corrected chi connectivity index (χ0v) is 11.8. The van der Waals surface area contributed by atoms with Crippen LogP contribution in [0, 0.1) is 11.8 Å². The van der Waals surface area contributed by atoms with Gasteiger partial charge in [-0.15, -0.1) is 0 Å². The van der Waals surface area contributed by atoms with E-state index in [0.717, 1.165) is 18.8 Å². The van der Waals surface area contributed by atoms with Gasteiger partial charge in [0, 0.05) is 18.8 Å². The lowest BCUT2D eigenvalue weighted by molar-refractivity contribution is 0.0601. The van der Waals surface area contributed by atoms with Gasteiger partial charge in [0.1, 0.15) is 0 Å². The molecule has 0 radical (unpaired) electrons. The molecule has 1 aromatic rings. The summed E-state index contributed by atoms with van der Waals surface area (Å²) in [6.07, 6.45) is 1.17. The normalized spacial score (nSPS) is 18.9. The van der Waals surface area contributed by atoms with Crippen molar-refractivity contribution in [3.63, 3.8) is 0 Å². The Balaban J connectivity index is 2.28. The van der Waals surface area contributed by atoms with Crippen LogP contribution in [0.2, 0.25) is 0 Å². The van der Waals surface area contributed by atoms with Gasteiger partial charge < -0.3 is 15.4 Å². The molecular formula is C15H22N2O2. The molecule has 19 heavy (non-hydrogen) atoms. The lowest BCUT2D eigenvalue weighted by Gasteiger charge is -2.22. The quantitative estimate of drug-likeness (QED) is 0.672. The molecule has 0 bridgehead atoms. The third-order valence-electron chi connectivity index (χ3n) is 3.93. The van der Waals surface area contributed by atoms with E-state index in [-0.39, 0.29) is 5.97 Å². The van der Waals surface area contributed by atoms with Crippen molar-refractivity contribution in [1.82, 2.24) is 0 Å². The molecule has 4 heteroatoms. The van der Waals surface area contributed by atoms with E-state index in [4.69, 9.17) is 10.5 Å². The number of hydrogen-bond acceptors (Lipinski definition) is 4. The summed E-state index contributed by atoms with van der Waals surface area (Å²) in [5.41, 5.74) is 7.85. The molecule has 1 aliphatic rings. The molecule has 0 saturated carbocycles. The number of hydrogen-bond donors (Lipinski definition) is 1. The largest absolute Gasteiger partial charge is 0.465 e. The predicted octanol–water partition coefficient (Wildman–Crippen LogP) is 2.54. The van der Waals surface area contributed by atoms with Crippen molar-refractivity contribution < 1.29 is 9.53 Å². The molecule has 1 unspecified atom stereocenters. The molecule has 1 saturated heterocycles. The monoisotopic (exact) mass is 262 g/mol. The highest BCUT2D eigenvalue weighted by Gasteiger charge is 2.27. The third-order valence-corrected chi connectivity index (χ3v) is 3.93. The fourth-order valence-corrected chi connectivity index (χ4v) is 2.65. The zero-order valence-electron chi connectivity index (χ0n) is 11.8. The molecule has 2 rings (SSSR count). The Kier molecular flexibility index (Phi) is 3.98. The van der Waals surface area contributed by atoms with E-state index < -0.39 is 0 Å². The predicted molar refractivity (Wildman–Crippen MR) is 77.4 cm³/mol. The van der Waals surface area contributed by atoms with Gasteiger partial charge in [0.25, 0.3) is 0 Å². The van der Waals surface area contributed by atoms with Crippen molar-refractivity contribution in [1.29, 1.82) is 0 Å². The summed E-state index contributed by atoms with van der Waals surface area (Å²) in [6, 6.07) is 5.46. The van der Waals surface area contributed by atoms with Crippen molar-refractivity contribution >= 4 is 17.3 Å². The van der Waals surface area contributed by atoms with Gasteiger partial charge in [-0.3, -0.25) is 0 Å². The molecule has 0 aliphatic carbocycles. The lowest BCUT2D eigenvalue weighted by Crippen LogP contribution is -2.23. The molecule has 2 N–H and O–H groups in total. The number of benzene rings is 1. The number of methoxy groups -OCH3 is 1. The van der Waals surface area contributed by atoms with Crippen molar-refractivity contribution in [2.75, 3.05) is 30.8 Å². The Labute approximate surface area is 114 Å². The van der Waals surface area contributed by atoms with Gasteiger partial charge in [0.2, 0.25) is 0 Å². The van der Waals surface area contributed by atoms with Gasteiger partial charge in [-0.05, 0) is 36.5 Å². The minimum Gasteiger partial charge on any atom is -0.465 e. The van der Waals surface area contributed by atoms with Gasteiger partial charge in [-0.2, -0.15) is 0 Å². The first-order valence-electron chi connectivity index (χ1n) is 6.75. The molecule has 4 nitrogen and oxygen atoms in total. The summed E-state index contributed by atoms with van der Waals surface area (Å²) in [4.78, 5) is 14.1. The third kappa shape index (κ3) is 2.83. The highest BCUT2D eigenvalue weighted by molar-refractivity contribution is 5.97. The Morgan fingerprint density at radius 2 is 2.21 bits per heavy atom. The van der Waals surface area contributed by atoms with Crippen LogP contribution < -0.4 is 10.6 Å². The first kappa shape index (κ1) is 13.7. The van der Waals surface area contributed by atoms with Gasteiger partial charge in [0.15, 0.2) is 0 Å². The fraction of sp³-hybridized carbons (Fsp3) is 0.533. The summed E-state index contributed by atoms with van der Waals surface area (Å²) >= 11 is 0. The zero-order chi connectivity index (χ0) is 14.0. The highest BCUT2D eigenvalue weighted by Crippen LogP contribution is 2.31. The summed E-state index contributed by atoms with van der Waals surface area (Å²) in [7, 11) is 1.40. The van der Waals surface area contributed by atoms with E-state index in [1.165, 1.54) is 13.5 Å². The highest BCUT2D eigenvalue weighted by atomic mass is 16.5. The molecule has 1 heterocycles. The standard InChI is InChI=1S/C15H22N2O2/c1-10(2)11-6-7-17(9-11)14-5-4-12(16)8-13(14)15(18)19-3/h4-5,8,10-11H,6-7,9,16H2,1-3H3. The Hall–Kier alpha value is -1.71. The smallest absolute Gasteiger partial charge is 0.340 e. The Bertz CT molecular complexity index is 471. The van der Waals surface area contributed by atoms with E-state index in [2.05, 4.69) is 18.7 Å². The number of carbonyl (C=O) groups excluding carboxylic acids is 1. The average Bonchev–Trinajstić information content (AvgIpc) is 2.87. The molecule has 1 aromatic carbocycles. The summed E-state index contributed by atoms with van der Waals surface area (Å²) in [5.74, 6) is 1.03. The van der Waals surface area contributed by atoms with Crippen molar-refractivity contribution in [2.45, 2.75) is 20.3 Å². The molecule has 1 aliphatic heterocycles. The van der Waals surface area contributed by atoms with Crippen LogP contribution in [0.3, 0.4) is 0 Å². The van der Waals surface area contributed by atoms with Crippen LogP contribution in [-0.2, 0) is 4.74 Å². The number of nitrogens with two attached hydrogens (primary N) is 1. The molecule has 1 atom stereocenters. The van der Waals surface area contributed by atoms with Gasteiger partial charge >= 0.3 is 5.97 Å². The number of rotatable bonds is 3. The molecular weight excluding hydrogens is 240 g/mol. The van der Waals surface area contributed by atoms with Crippen molar-refractivity contribution in [2.24, 2.45) is 11.8 Å². The molecule has 0 aromatic heterocycles. The number of ether oxygens (including phenoxy) is 1. The number of nitrogen functional groups attached to an aromatic ring is 1. The molecule has 0 spiro atoms. The van der Waals surface area contributed by atoms with Crippen LogP contribution in [0.4, 0.5) is 11.4 Å². The van der Waals surface area contributed by atoms with Crippen LogP contribution in [-0.4, -0.2) is 26.2 Å². The number of anilines is 2. The van der Waals surface area contributed by atoms with Gasteiger partial charge in [-0.1, -0.05) is 13.8 Å². The van der Waals surface area contributed by atoms with Crippen LogP contribution in [0.5, 0.6) is 0 Å². The second-order valence-corrected chi connectivity index (χ2v) is 5.51. The van der Waals surface area contributed by atoms with E-state index in [1.807, 2.05) is 12.1 Å². The number of carbonyl (C=O) groups is 1. The van der Waals surface area contributed by atoms with Crippen LogP contribution in [0.25, 0.3) is 0 Å². The SMILES string of the molecule is COC(=O)c1cc(N)ccc1N1CCC(C(C)C)C1. The summed E-state index contributed by atoms with van der Waals surface area (Å²) < 4.78 is 4.84. The summed E-state index contributed by atoms with van der Waals surface area (Å²) in [5, 5.41) is 0. The summed E-state index contributed by atoms with van der Waals surface area (Å²) in [6.45, 7) is 6.47. The minimum absolute atomic E-state index is 0.324. The molecule has 104 valence electrons. The topological polar surface area (TPSA) is 55.6 Å². The first-order valence-corrected chi connectivity index (χ1v) is 6.75. The Morgan fingerprint density at radius 1 is 1.47 bits per heavy atom. The van der Waals surface area contributed by atoms with Gasteiger partial charge in [-0.25, -0.2) is 4.79 Å². The fourth-order valence-electron chi connectivity index (χ4n) is 2.65. The van der Waals surface area contributed by atoms with Crippen LogP contribution in [0.1, 0.15) is 30.6 Å². The van der Waals surface area contributed by atoms with E-state index in [0.29, 0.717) is 23.1 Å². The minimum atomic E-state index is -0.324. The maximum absolute atomic E-state index is 11.9. The molecule has 0 amide bonds. The van der Waals surface area contributed by atoms with Crippen molar-refractivity contribution in [3.05, 3.63) is 23.8 Å². The lowest BCUT2D eigenvalue weighted by atomic mass is 9.95.